The summed E-state index contributed by atoms with van der Waals surface area (Å²) in [5.41, 5.74) is -0.178. The Kier molecular flexibility index (Phi) is 3.58. The van der Waals surface area contributed by atoms with E-state index in [1.165, 1.54) is 24.5 Å². The van der Waals surface area contributed by atoms with Crippen molar-refractivity contribution in [2.75, 3.05) is 4.72 Å². The summed E-state index contributed by atoms with van der Waals surface area (Å²) >= 11 is 3.13. The Morgan fingerprint density at radius 3 is 2.74 bits per heavy atom. The molecule has 1 heterocycles. The molecule has 0 saturated heterocycles. The SMILES string of the molecule is O=C(O)c1cc(Br)ccc1NS(=O)(=O)c1cnc[nH]1. The van der Waals surface area contributed by atoms with Gasteiger partial charge in [-0.3, -0.25) is 4.72 Å². The first-order valence-corrected chi connectivity index (χ1v) is 7.22. The summed E-state index contributed by atoms with van der Waals surface area (Å²) in [5.74, 6) is -1.23. The highest BCUT2D eigenvalue weighted by molar-refractivity contribution is 9.10. The van der Waals surface area contributed by atoms with Gasteiger partial charge in [0.1, 0.15) is 0 Å². The number of nitrogens with zero attached hydrogens (tertiary/aromatic N) is 1. The van der Waals surface area contributed by atoms with E-state index in [2.05, 4.69) is 30.6 Å². The van der Waals surface area contributed by atoms with Gasteiger partial charge < -0.3 is 10.1 Å². The van der Waals surface area contributed by atoms with Crippen LogP contribution in [0.15, 0.2) is 40.2 Å². The topological polar surface area (TPSA) is 112 Å². The Morgan fingerprint density at radius 1 is 1.42 bits per heavy atom. The van der Waals surface area contributed by atoms with E-state index < -0.39 is 16.0 Å². The maximum absolute atomic E-state index is 11.9. The number of carboxylic acids is 1. The van der Waals surface area contributed by atoms with Gasteiger partial charge in [-0.2, -0.15) is 8.42 Å². The van der Waals surface area contributed by atoms with Crippen LogP contribution in [-0.4, -0.2) is 29.5 Å². The lowest BCUT2D eigenvalue weighted by atomic mass is 10.2. The van der Waals surface area contributed by atoms with Gasteiger partial charge in [-0.25, -0.2) is 9.78 Å². The summed E-state index contributed by atoms with van der Waals surface area (Å²) < 4.78 is 26.6. The second-order valence-corrected chi connectivity index (χ2v) is 6.08. The highest BCUT2D eigenvalue weighted by Gasteiger charge is 2.19. The van der Waals surface area contributed by atoms with Gasteiger partial charge in [0.05, 0.1) is 23.8 Å². The lowest BCUT2D eigenvalue weighted by molar-refractivity contribution is 0.0698. The average Bonchev–Trinajstić information content (AvgIpc) is 2.85. The third kappa shape index (κ3) is 2.93. The Balaban J connectivity index is 2.42. The number of aromatic amines is 1. The van der Waals surface area contributed by atoms with E-state index >= 15 is 0 Å². The van der Waals surface area contributed by atoms with Crippen LogP contribution in [0.4, 0.5) is 5.69 Å². The lowest BCUT2D eigenvalue weighted by Gasteiger charge is -2.09. The van der Waals surface area contributed by atoms with Crippen molar-refractivity contribution >= 4 is 37.6 Å². The summed E-state index contributed by atoms with van der Waals surface area (Å²) in [6.07, 6.45) is 2.34. The summed E-state index contributed by atoms with van der Waals surface area (Å²) in [6, 6.07) is 4.21. The van der Waals surface area contributed by atoms with Gasteiger partial charge >= 0.3 is 5.97 Å². The number of aromatic carboxylic acids is 1. The highest BCUT2D eigenvalue weighted by Crippen LogP contribution is 2.23. The van der Waals surface area contributed by atoms with Gasteiger partial charge in [-0.15, -0.1) is 0 Å². The van der Waals surface area contributed by atoms with Gasteiger partial charge in [-0.1, -0.05) is 15.9 Å². The monoisotopic (exact) mass is 345 g/mol. The second-order valence-electron chi connectivity index (χ2n) is 3.52. The number of halogens is 1. The minimum atomic E-state index is -3.89. The number of sulfonamides is 1. The Morgan fingerprint density at radius 2 is 2.16 bits per heavy atom. The molecule has 0 aliphatic heterocycles. The van der Waals surface area contributed by atoms with Crippen LogP contribution in [0.5, 0.6) is 0 Å². The number of anilines is 1. The molecule has 0 fully saturated rings. The van der Waals surface area contributed by atoms with E-state index in [0.717, 1.165) is 6.20 Å². The Bertz CT molecular complexity index is 712. The first kappa shape index (κ1) is 13.6. The average molecular weight is 346 g/mol. The van der Waals surface area contributed by atoms with E-state index in [1.807, 2.05) is 0 Å². The number of benzene rings is 1. The van der Waals surface area contributed by atoms with Crippen LogP contribution in [0.3, 0.4) is 0 Å². The number of hydrogen-bond acceptors (Lipinski definition) is 4. The molecule has 0 amide bonds. The van der Waals surface area contributed by atoms with Crippen LogP contribution in [0, 0.1) is 0 Å². The van der Waals surface area contributed by atoms with Crippen molar-refractivity contribution in [1.82, 2.24) is 9.97 Å². The molecule has 3 N–H and O–H groups in total. The summed E-state index contributed by atoms with van der Waals surface area (Å²) in [7, 11) is -3.89. The predicted octanol–water partition coefficient (Wildman–Crippen LogP) is 1.67. The van der Waals surface area contributed by atoms with Crippen molar-refractivity contribution in [1.29, 1.82) is 0 Å². The quantitative estimate of drug-likeness (QED) is 0.780. The summed E-state index contributed by atoms with van der Waals surface area (Å²) in [5, 5.41) is 8.90. The Labute approximate surface area is 116 Å². The fraction of sp³-hybridized carbons (Fsp3) is 0. The minimum absolute atomic E-state index is 0.0229. The molecule has 100 valence electrons. The van der Waals surface area contributed by atoms with E-state index in [-0.39, 0.29) is 16.3 Å². The van der Waals surface area contributed by atoms with Crippen molar-refractivity contribution < 1.29 is 18.3 Å². The molecule has 0 bridgehead atoms. The maximum Gasteiger partial charge on any atom is 0.337 e. The maximum atomic E-state index is 11.9. The zero-order valence-corrected chi connectivity index (χ0v) is 11.7. The van der Waals surface area contributed by atoms with Gasteiger partial charge in [0.25, 0.3) is 10.0 Å². The zero-order chi connectivity index (χ0) is 14.0. The van der Waals surface area contributed by atoms with Crippen molar-refractivity contribution in [3.8, 4) is 0 Å². The van der Waals surface area contributed by atoms with Crippen LogP contribution in [0.25, 0.3) is 0 Å². The zero-order valence-electron chi connectivity index (χ0n) is 9.29. The van der Waals surface area contributed by atoms with Crippen molar-refractivity contribution in [2.24, 2.45) is 0 Å². The van der Waals surface area contributed by atoms with Gasteiger partial charge in [0, 0.05) is 4.47 Å². The first-order chi connectivity index (χ1) is 8.90. The molecule has 2 rings (SSSR count). The fourth-order valence-corrected chi connectivity index (χ4v) is 2.72. The minimum Gasteiger partial charge on any atom is -0.478 e. The number of aromatic nitrogens is 2. The van der Waals surface area contributed by atoms with Crippen LogP contribution in [0.2, 0.25) is 0 Å². The number of H-pyrrole nitrogens is 1. The fourth-order valence-electron chi connectivity index (χ4n) is 1.37. The van der Waals surface area contributed by atoms with Crippen molar-refractivity contribution in [3.05, 3.63) is 40.8 Å². The van der Waals surface area contributed by atoms with E-state index in [9.17, 15) is 13.2 Å². The second kappa shape index (κ2) is 5.02. The number of rotatable bonds is 4. The molecule has 1 aromatic carbocycles. The third-order valence-corrected chi connectivity index (χ3v) is 4.00. The number of carboxylic acid groups (broad SMARTS) is 1. The molecule has 0 unspecified atom stereocenters. The molecule has 0 radical (unpaired) electrons. The standard InChI is InChI=1S/C10H8BrN3O4S/c11-6-1-2-8(7(3-6)10(15)16)14-19(17,18)9-4-12-5-13-9/h1-5,14H,(H,12,13)(H,15,16). The van der Waals surface area contributed by atoms with Crippen molar-refractivity contribution in [3.63, 3.8) is 0 Å². The molecular formula is C10H8BrN3O4S. The van der Waals surface area contributed by atoms with E-state index in [1.54, 1.807) is 0 Å². The number of imidazole rings is 1. The van der Waals surface area contributed by atoms with Gasteiger partial charge in [-0.05, 0) is 18.2 Å². The molecule has 0 atom stereocenters. The molecule has 1 aromatic heterocycles. The molecule has 0 aliphatic carbocycles. The summed E-state index contributed by atoms with van der Waals surface area (Å²) in [6.45, 7) is 0. The highest BCUT2D eigenvalue weighted by atomic mass is 79.9. The molecule has 19 heavy (non-hydrogen) atoms. The van der Waals surface area contributed by atoms with Crippen LogP contribution in [-0.2, 0) is 10.0 Å². The van der Waals surface area contributed by atoms with Crippen LogP contribution >= 0.6 is 15.9 Å². The number of carbonyl (C=O) groups is 1. The normalized spacial score (nSPS) is 11.2. The molecule has 2 aromatic rings. The van der Waals surface area contributed by atoms with E-state index in [4.69, 9.17) is 5.11 Å². The smallest absolute Gasteiger partial charge is 0.337 e. The Hall–Kier alpha value is -1.87. The largest absolute Gasteiger partial charge is 0.478 e. The summed E-state index contributed by atoms with van der Waals surface area (Å²) in [4.78, 5) is 17.1. The van der Waals surface area contributed by atoms with E-state index in [0.29, 0.717) is 4.47 Å². The molecule has 7 nitrogen and oxygen atoms in total. The van der Waals surface area contributed by atoms with Crippen LogP contribution in [0.1, 0.15) is 10.4 Å². The van der Waals surface area contributed by atoms with Gasteiger partial charge in [0.2, 0.25) is 0 Å². The number of nitrogens with one attached hydrogen (secondary N) is 2. The molecule has 0 spiro atoms. The molecular weight excluding hydrogens is 338 g/mol. The van der Waals surface area contributed by atoms with Gasteiger partial charge in [0.15, 0.2) is 5.03 Å². The molecule has 9 heteroatoms. The van der Waals surface area contributed by atoms with Crippen molar-refractivity contribution in [2.45, 2.75) is 5.03 Å². The number of hydrogen-bond donors (Lipinski definition) is 3. The molecule has 0 aliphatic rings. The first-order valence-electron chi connectivity index (χ1n) is 4.94. The third-order valence-electron chi connectivity index (χ3n) is 2.22. The molecule has 0 saturated carbocycles. The van der Waals surface area contributed by atoms with Crippen LogP contribution < -0.4 is 4.72 Å². The lowest BCUT2D eigenvalue weighted by Crippen LogP contribution is -2.15. The predicted molar refractivity (Wildman–Crippen MR) is 70.5 cm³/mol.